The van der Waals surface area contributed by atoms with E-state index in [0.717, 1.165) is 43.6 Å². The summed E-state index contributed by atoms with van der Waals surface area (Å²) in [6.07, 6.45) is 2.19. The zero-order valence-electron chi connectivity index (χ0n) is 17.2. The van der Waals surface area contributed by atoms with Crippen molar-refractivity contribution in [3.63, 3.8) is 0 Å². The Morgan fingerprint density at radius 1 is 1.00 bits per heavy atom. The SMILES string of the molecule is CC(=O)c1ccccc1C(C)C(C(=O)OC1CN2CCC1CC2)c1ccccc1. The molecule has 5 rings (SSSR count). The zero-order valence-corrected chi connectivity index (χ0v) is 17.2. The van der Waals surface area contributed by atoms with Crippen LogP contribution in [0, 0.1) is 5.92 Å². The molecule has 0 spiro atoms. The summed E-state index contributed by atoms with van der Waals surface area (Å²) in [4.78, 5) is 28.0. The average molecular weight is 392 g/mol. The highest BCUT2D eigenvalue weighted by Crippen LogP contribution is 2.37. The fourth-order valence-corrected chi connectivity index (χ4v) is 4.95. The molecule has 152 valence electrons. The lowest BCUT2D eigenvalue weighted by Crippen LogP contribution is -2.52. The number of fused-ring (bicyclic) bond motifs is 3. The van der Waals surface area contributed by atoms with Crippen LogP contribution in [-0.2, 0) is 9.53 Å². The first-order chi connectivity index (χ1) is 14.0. The Hall–Kier alpha value is -2.46. The summed E-state index contributed by atoms with van der Waals surface area (Å²) in [5.41, 5.74) is 2.51. The van der Waals surface area contributed by atoms with Gasteiger partial charge in [0.2, 0.25) is 0 Å². The molecule has 0 N–H and O–H groups in total. The molecular formula is C25H29NO3. The Balaban J connectivity index is 1.64. The normalized spacial score (nSPS) is 25.2. The van der Waals surface area contributed by atoms with Crippen molar-refractivity contribution in [1.82, 2.24) is 4.90 Å². The number of piperidine rings is 3. The van der Waals surface area contributed by atoms with Gasteiger partial charge in [0, 0.05) is 12.1 Å². The van der Waals surface area contributed by atoms with Crippen molar-refractivity contribution in [2.45, 2.75) is 44.6 Å². The van der Waals surface area contributed by atoms with Crippen LogP contribution in [0.3, 0.4) is 0 Å². The third kappa shape index (κ3) is 4.13. The molecule has 3 unspecified atom stereocenters. The lowest BCUT2D eigenvalue weighted by atomic mass is 9.80. The Bertz CT molecular complexity index is 871. The van der Waals surface area contributed by atoms with Gasteiger partial charge in [0.05, 0.1) is 5.92 Å². The topological polar surface area (TPSA) is 46.6 Å². The third-order valence-electron chi connectivity index (χ3n) is 6.61. The van der Waals surface area contributed by atoms with Crippen molar-refractivity contribution in [3.8, 4) is 0 Å². The number of carbonyl (C=O) groups excluding carboxylic acids is 2. The zero-order chi connectivity index (χ0) is 20.4. The Kier molecular flexibility index (Phi) is 5.81. The molecule has 0 aliphatic carbocycles. The predicted molar refractivity (Wildman–Crippen MR) is 113 cm³/mol. The van der Waals surface area contributed by atoms with Gasteiger partial charge < -0.3 is 4.74 Å². The van der Waals surface area contributed by atoms with Gasteiger partial charge in [-0.3, -0.25) is 14.5 Å². The fourth-order valence-electron chi connectivity index (χ4n) is 4.95. The molecule has 2 aromatic rings. The number of ketones is 1. The Labute approximate surface area is 172 Å². The van der Waals surface area contributed by atoms with E-state index in [9.17, 15) is 9.59 Å². The number of carbonyl (C=O) groups is 2. The second-order valence-corrected chi connectivity index (χ2v) is 8.43. The van der Waals surface area contributed by atoms with Crippen LogP contribution in [0.15, 0.2) is 54.6 Å². The largest absolute Gasteiger partial charge is 0.460 e. The van der Waals surface area contributed by atoms with Crippen LogP contribution < -0.4 is 0 Å². The molecule has 2 aromatic carbocycles. The molecule has 3 atom stereocenters. The number of benzene rings is 2. The number of ether oxygens (including phenoxy) is 1. The van der Waals surface area contributed by atoms with Crippen LogP contribution in [0.1, 0.15) is 60.0 Å². The molecule has 4 heteroatoms. The second kappa shape index (κ2) is 8.50. The molecule has 2 bridgehead atoms. The first-order valence-corrected chi connectivity index (χ1v) is 10.6. The number of Topliss-reactive ketones (excluding diaryl/α,β-unsaturated/α-hetero) is 1. The van der Waals surface area contributed by atoms with Crippen molar-refractivity contribution >= 4 is 11.8 Å². The minimum absolute atomic E-state index is 0.0185. The summed E-state index contributed by atoms with van der Waals surface area (Å²) in [6.45, 7) is 6.68. The molecule has 0 amide bonds. The van der Waals surface area contributed by atoms with Crippen LogP contribution in [-0.4, -0.2) is 42.4 Å². The van der Waals surface area contributed by atoms with Gasteiger partial charge in [-0.1, -0.05) is 61.5 Å². The molecule has 29 heavy (non-hydrogen) atoms. The maximum Gasteiger partial charge on any atom is 0.314 e. The van der Waals surface area contributed by atoms with E-state index in [1.165, 1.54) is 0 Å². The smallest absolute Gasteiger partial charge is 0.314 e. The average Bonchev–Trinajstić information content (AvgIpc) is 2.75. The van der Waals surface area contributed by atoms with E-state index in [1.54, 1.807) is 6.92 Å². The van der Waals surface area contributed by atoms with Crippen LogP contribution >= 0.6 is 0 Å². The minimum atomic E-state index is -0.438. The van der Waals surface area contributed by atoms with Crippen molar-refractivity contribution in [2.24, 2.45) is 5.92 Å². The first kappa shape index (κ1) is 19.8. The molecule has 4 nitrogen and oxygen atoms in total. The maximum atomic E-state index is 13.5. The summed E-state index contributed by atoms with van der Waals surface area (Å²) in [5.74, 6) is -0.288. The standard InChI is InChI=1S/C25H29NO3/c1-17(21-10-6-7-11-22(21)18(2)27)24(20-8-4-3-5-9-20)25(28)29-23-16-26-14-12-19(23)13-15-26/h3-11,17,19,23-24H,12-16H2,1-2H3. The van der Waals surface area contributed by atoms with Gasteiger partial charge in [-0.05, 0) is 55.8 Å². The summed E-state index contributed by atoms with van der Waals surface area (Å²) >= 11 is 0. The van der Waals surface area contributed by atoms with Gasteiger partial charge in [-0.15, -0.1) is 0 Å². The first-order valence-electron chi connectivity index (χ1n) is 10.6. The van der Waals surface area contributed by atoms with Gasteiger partial charge in [-0.2, -0.15) is 0 Å². The van der Waals surface area contributed by atoms with Gasteiger partial charge in [0.25, 0.3) is 0 Å². The number of esters is 1. The van der Waals surface area contributed by atoms with Crippen LogP contribution in [0.2, 0.25) is 0 Å². The van der Waals surface area contributed by atoms with Crippen molar-refractivity contribution in [2.75, 3.05) is 19.6 Å². The number of hydrogen-bond donors (Lipinski definition) is 0. The number of nitrogens with zero attached hydrogens (tertiary/aromatic N) is 1. The van der Waals surface area contributed by atoms with E-state index in [4.69, 9.17) is 4.74 Å². The highest BCUT2D eigenvalue weighted by molar-refractivity contribution is 5.96. The van der Waals surface area contributed by atoms with Crippen LogP contribution in [0.25, 0.3) is 0 Å². The van der Waals surface area contributed by atoms with Crippen molar-refractivity contribution in [3.05, 3.63) is 71.3 Å². The van der Waals surface area contributed by atoms with E-state index in [-0.39, 0.29) is 23.8 Å². The molecule has 3 fully saturated rings. The molecule has 3 aliphatic heterocycles. The van der Waals surface area contributed by atoms with Gasteiger partial charge in [0.15, 0.2) is 5.78 Å². The Morgan fingerprint density at radius 2 is 1.66 bits per heavy atom. The number of rotatable bonds is 6. The van der Waals surface area contributed by atoms with Crippen LogP contribution in [0.4, 0.5) is 0 Å². The van der Waals surface area contributed by atoms with Crippen LogP contribution in [0.5, 0.6) is 0 Å². The summed E-state index contributed by atoms with van der Waals surface area (Å²) < 4.78 is 6.12. The maximum absolute atomic E-state index is 13.5. The summed E-state index contributed by atoms with van der Waals surface area (Å²) in [5, 5.41) is 0. The highest BCUT2D eigenvalue weighted by atomic mass is 16.5. The van der Waals surface area contributed by atoms with E-state index in [0.29, 0.717) is 11.5 Å². The van der Waals surface area contributed by atoms with E-state index in [1.807, 2.05) is 61.5 Å². The molecule has 3 saturated heterocycles. The Morgan fingerprint density at radius 3 is 2.28 bits per heavy atom. The molecule has 0 saturated carbocycles. The third-order valence-corrected chi connectivity index (χ3v) is 6.61. The molecule has 3 aliphatic rings. The van der Waals surface area contributed by atoms with Gasteiger partial charge in [-0.25, -0.2) is 0 Å². The van der Waals surface area contributed by atoms with Gasteiger partial charge >= 0.3 is 5.97 Å². The van der Waals surface area contributed by atoms with E-state index >= 15 is 0 Å². The molecular weight excluding hydrogens is 362 g/mol. The quantitative estimate of drug-likeness (QED) is 0.540. The van der Waals surface area contributed by atoms with E-state index < -0.39 is 5.92 Å². The minimum Gasteiger partial charge on any atom is -0.460 e. The summed E-state index contributed by atoms with van der Waals surface area (Å²) in [6, 6.07) is 17.4. The molecule has 3 heterocycles. The lowest BCUT2D eigenvalue weighted by molar-refractivity contribution is -0.161. The monoisotopic (exact) mass is 391 g/mol. The van der Waals surface area contributed by atoms with Gasteiger partial charge in [0.1, 0.15) is 6.10 Å². The number of hydrogen-bond acceptors (Lipinski definition) is 4. The molecule has 0 aromatic heterocycles. The predicted octanol–water partition coefficient (Wildman–Crippen LogP) is 4.41. The highest BCUT2D eigenvalue weighted by Gasteiger charge is 2.39. The lowest BCUT2D eigenvalue weighted by Gasteiger charge is -2.44. The van der Waals surface area contributed by atoms with E-state index in [2.05, 4.69) is 4.90 Å². The van der Waals surface area contributed by atoms with Crippen molar-refractivity contribution in [1.29, 1.82) is 0 Å². The molecule has 0 radical (unpaired) electrons. The van der Waals surface area contributed by atoms with Crippen molar-refractivity contribution < 1.29 is 14.3 Å². The fraction of sp³-hybridized carbons (Fsp3) is 0.440. The summed E-state index contributed by atoms with van der Waals surface area (Å²) in [7, 11) is 0. The second-order valence-electron chi connectivity index (χ2n) is 8.43.